The number of nitrogens with zero attached hydrogens (tertiary/aromatic N) is 1. The van der Waals surface area contributed by atoms with E-state index in [1.54, 1.807) is 0 Å². The average molecular weight is 422 g/mol. The first kappa shape index (κ1) is 21.2. The van der Waals surface area contributed by atoms with Gasteiger partial charge in [-0.15, -0.1) is 0 Å². The standard InChI is InChI=1S/C25H31N3O3/c1-3-30-15-14-26-25(29)27-20-11-8-18(9-12-20)23-16-19-10-13-22(31-4-2)17-24(19)28(23)21-6-5-7-21/h8-13,16-17,21H,3-7,14-15H2,1-2H3,(H2,26,27,29). The van der Waals surface area contributed by atoms with E-state index in [9.17, 15) is 4.79 Å². The molecule has 164 valence electrons. The van der Waals surface area contributed by atoms with Crippen LogP contribution in [0, 0.1) is 0 Å². The molecule has 1 saturated carbocycles. The number of ether oxygens (including phenoxy) is 2. The summed E-state index contributed by atoms with van der Waals surface area (Å²) in [5.74, 6) is 0.912. The Kier molecular flexibility index (Phi) is 6.77. The number of rotatable bonds is 9. The second kappa shape index (κ2) is 9.88. The molecular formula is C25H31N3O3. The Labute approximate surface area is 183 Å². The van der Waals surface area contributed by atoms with Crippen molar-refractivity contribution >= 4 is 22.6 Å². The number of nitrogens with one attached hydrogen (secondary N) is 2. The number of aromatic nitrogens is 1. The van der Waals surface area contributed by atoms with Crippen LogP contribution in [-0.4, -0.2) is 37.0 Å². The second-order valence-electron chi connectivity index (χ2n) is 7.79. The number of hydrogen-bond donors (Lipinski definition) is 2. The van der Waals surface area contributed by atoms with Crippen molar-refractivity contribution in [2.24, 2.45) is 0 Å². The lowest BCUT2D eigenvalue weighted by atomic mass is 9.92. The van der Waals surface area contributed by atoms with E-state index in [2.05, 4.69) is 45.5 Å². The van der Waals surface area contributed by atoms with Gasteiger partial charge in [0.05, 0.1) is 18.7 Å². The maximum atomic E-state index is 12.0. The number of hydrogen-bond acceptors (Lipinski definition) is 3. The first-order valence-electron chi connectivity index (χ1n) is 11.2. The van der Waals surface area contributed by atoms with Crippen molar-refractivity contribution in [1.82, 2.24) is 9.88 Å². The summed E-state index contributed by atoms with van der Waals surface area (Å²) in [6.45, 7) is 6.26. The summed E-state index contributed by atoms with van der Waals surface area (Å²) in [4.78, 5) is 12.0. The molecule has 0 spiro atoms. The number of anilines is 1. The van der Waals surface area contributed by atoms with Crippen molar-refractivity contribution in [3.05, 3.63) is 48.5 Å². The molecule has 0 saturated heterocycles. The fraction of sp³-hybridized carbons (Fsp3) is 0.400. The first-order chi connectivity index (χ1) is 15.2. The molecule has 6 nitrogen and oxygen atoms in total. The quantitative estimate of drug-likeness (QED) is 0.443. The van der Waals surface area contributed by atoms with Gasteiger partial charge in [0.25, 0.3) is 0 Å². The Morgan fingerprint density at radius 3 is 2.55 bits per heavy atom. The Morgan fingerprint density at radius 2 is 1.87 bits per heavy atom. The molecule has 1 aliphatic rings. The van der Waals surface area contributed by atoms with E-state index in [0.29, 0.717) is 32.4 Å². The molecule has 0 unspecified atom stereocenters. The van der Waals surface area contributed by atoms with Crippen molar-refractivity contribution in [2.45, 2.75) is 39.2 Å². The molecule has 0 atom stereocenters. The van der Waals surface area contributed by atoms with Crippen LogP contribution in [0.1, 0.15) is 39.2 Å². The molecule has 6 heteroatoms. The molecule has 0 bridgehead atoms. The number of carbonyl (C=O) groups excluding carboxylic acids is 1. The van der Waals surface area contributed by atoms with Crippen molar-refractivity contribution in [1.29, 1.82) is 0 Å². The number of fused-ring (bicyclic) bond motifs is 1. The lowest BCUT2D eigenvalue weighted by molar-refractivity contribution is 0.150. The molecule has 1 aromatic heterocycles. The highest BCUT2D eigenvalue weighted by atomic mass is 16.5. The molecule has 31 heavy (non-hydrogen) atoms. The fourth-order valence-electron chi connectivity index (χ4n) is 4.00. The van der Waals surface area contributed by atoms with Crippen molar-refractivity contribution in [2.75, 3.05) is 31.7 Å². The van der Waals surface area contributed by atoms with Crippen molar-refractivity contribution in [3.63, 3.8) is 0 Å². The van der Waals surface area contributed by atoms with Crippen molar-refractivity contribution in [3.8, 4) is 17.0 Å². The van der Waals surface area contributed by atoms with Crippen LogP contribution < -0.4 is 15.4 Å². The van der Waals surface area contributed by atoms with Gasteiger partial charge >= 0.3 is 6.03 Å². The number of amides is 2. The highest BCUT2D eigenvalue weighted by Gasteiger charge is 2.24. The molecule has 2 N–H and O–H groups in total. The van der Waals surface area contributed by atoms with Gasteiger partial charge in [-0.25, -0.2) is 4.79 Å². The summed E-state index contributed by atoms with van der Waals surface area (Å²) in [6, 6.07) is 16.9. The maximum Gasteiger partial charge on any atom is 0.319 e. The minimum atomic E-state index is -0.223. The number of urea groups is 1. The van der Waals surface area contributed by atoms with Crippen LogP contribution in [0.5, 0.6) is 5.75 Å². The zero-order chi connectivity index (χ0) is 21.6. The zero-order valence-electron chi connectivity index (χ0n) is 18.3. The van der Waals surface area contributed by atoms with Gasteiger partial charge in [0.2, 0.25) is 0 Å². The van der Waals surface area contributed by atoms with Crippen LogP contribution in [-0.2, 0) is 4.74 Å². The first-order valence-corrected chi connectivity index (χ1v) is 11.2. The summed E-state index contributed by atoms with van der Waals surface area (Å²) in [6.07, 6.45) is 3.69. The summed E-state index contributed by atoms with van der Waals surface area (Å²) in [7, 11) is 0. The predicted molar refractivity (Wildman–Crippen MR) is 125 cm³/mol. The molecule has 3 aromatic rings. The van der Waals surface area contributed by atoms with E-state index >= 15 is 0 Å². The summed E-state index contributed by atoms with van der Waals surface area (Å²) in [5, 5.41) is 6.89. The van der Waals surface area contributed by atoms with E-state index in [1.165, 1.54) is 35.9 Å². The molecule has 1 aliphatic carbocycles. The Hall–Kier alpha value is -2.99. The molecule has 2 aromatic carbocycles. The highest BCUT2D eigenvalue weighted by Crippen LogP contribution is 2.41. The lowest BCUT2D eigenvalue weighted by Gasteiger charge is -2.30. The van der Waals surface area contributed by atoms with Crippen LogP contribution >= 0.6 is 0 Å². The predicted octanol–water partition coefficient (Wildman–Crippen LogP) is 5.59. The van der Waals surface area contributed by atoms with E-state index in [-0.39, 0.29) is 6.03 Å². The van der Waals surface area contributed by atoms with Gasteiger partial charge in [0, 0.05) is 42.0 Å². The zero-order valence-corrected chi connectivity index (χ0v) is 18.3. The van der Waals surface area contributed by atoms with Crippen LogP contribution in [0.15, 0.2) is 48.5 Å². The van der Waals surface area contributed by atoms with E-state index < -0.39 is 0 Å². The normalized spacial score (nSPS) is 13.7. The fourth-order valence-corrected chi connectivity index (χ4v) is 4.00. The third-order valence-electron chi connectivity index (χ3n) is 5.74. The van der Waals surface area contributed by atoms with E-state index in [0.717, 1.165) is 17.0 Å². The number of carbonyl (C=O) groups is 1. The SMILES string of the molecule is CCOCCNC(=O)Nc1ccc(-c2cc3ccc(OCC)cc3n2C2CCC2)cc1. The van der Waals surface area contributed by atoms with Gasteiger partial charge < -0.3 is 24.7 Å². The minimum Gasteiger partial charge on any atom is -0.494 e. The smallest absolute Gasteiger partial charge is 0.319 e. The third kappa shape index (κ3) is 4.85. The van der Waals surface area contributed by atoms with Crippen LogP contribution in [0.2, 0.25) is 0 Å². The van der Waals surface area contributed by atoms with Gasteiger partial charge in [0.1, 0.15) is 5.75 Å². The van der Waals surface area contributed by atoms with Gasteiger partial charge in [-0.2, -0.15) is 0 Å². The van der Waals surface area contributed by atoms with Crippen LogP contribution in [0.3, 0.4) is 0 Å². The van der Waals surface area contributed by atoms with Gasteiger partial charge in [-0.1, -0.05) is 12.1 Å². The minimum absolute atomic E-state index is 0.223. The summed E-state index contributed by atoms with van der Waals surface area (Å²) in [5.41, 5.74) is 4.34. The molecule has 2 amide bonds. The molecule has 4 rings (SSSR count). The van der Waals surface area contributed by atoms with Crippen molar-refractivity contribution < 1.29 is 14.3 Å². The van der Waals surface area contributed by atoms with Gasteiger partial charge in [-0.05, 0) is 69.0 Å². The second-order valence-corrected chi connectivity index (χ2v) is 7.79. The largest absolute Gasteiger partial charge is 0.494 e. The Bertz CT molecular complexity index is 1020. The van der Waals surface area contributed by atoms with E-state index in [4.69, 9.17) is 9.47 Å². The highest BCUT2D eigenvalue weighted by molar-refractivity contribution is 5.91. The number of benzene rings is 2. The van der Waals surface area contributed by atoms with Crippen LogP contribution in [0.25, 0.3) is 22.2 Å². The average Bonchev–Trinajstić information content (AvgIpc) is 3.09. The molecule has 0 aliphatic heterocycles. The van der Waals surface area contributed by atoms with Gasteiger partial charge in [0.15, 0.2) is 0 Å². The molecule has 1 fully saturated rings. The van der Waals surface area contributed by atoms with Crippen LogP contribution in [0.4, 0.5) is 10.5 Å². The third-order valence-corrected chi connectivity index (χ3v) is 5.74. The molecular weight excluding hydrogens is 390 g/mol. The molecule has 1 heterocycles. The summed E-state index contributed by atoms with van der Waals surface area (Å²) >= 11 is 0. The molecule has 0 radical (unpaired) electrons. The lowest BCUT2D eigenvalue weighted by Crippen LogP contribution is -2.31. The monoisotopic (exact) mass is 421 g/mol. The maximum absolute atomic E-state index is 12.0. The summed E-state index contributed by atoms with van der Waals surface area (Å²) < 4.78 is 13.4. The Morgan fingerprint density at radius 1 is 1.06 bits per heavy atom. The van der Waals surface area contributed by atoms with E-state index in [1.807, 2.05) is 32.0 Å². The topological polar surface area (TPSA) is 64.5 Å². The Balaban J connectivity index is 1.54. The van der Waals surface area contributed by atoms with Gasteiger partial charge in [-0.3, -0.25) is 0 Å².